The van der Waals surface area contributed by atoms with Gasteiger partial charge in [-0.1, -0.05) is 11.8 Å². The number of nitrogens with zero attached hydrogens (tertiary/aromatic N) is 2. The number of hydrogen-bond donors (Lipinski definition) is 2. The van der Waals surface area contributed by atoms with Gasteiger partial charge in [0.1, 0.15) is 0 Å². The Morgan fingerprint density at radius 1 is 1.21 bits per heavy atom. The number of carbonyl (C=O) groups is 2. The van der Waals surface area contributed by atoms with Gasteiger partial charge in [0.05, 0.1) is 12.8 Å². The molecule has 150 valence electrons. The van der Waals surface area contributed by atoms with Crippen LogP contribution in [0.5, 0.6) is 0 Å². The van der Waals surface area contributed by atoms with Crippen LogP contribution in [0.25, 0.3) is 0 Å². The summed E-state index contributed by atoms with van der Waals surface area (Å²) in [6, 6.07) is 7.29. The van der Waals surface area contributed by atoms with E-state index in [1.807, 2.05) is 24.3 Å². The summed E-state index contributed by atoms with van der Waals surface area (Å²) in [5.41, 5.74) is 1.63. The maximum atomic E-state index is 12.2. The summed E-state index contributed by atoms with van der Waals surface area (Å²) in [6.45, 7) is 2.29. The molecule has 1 aromatic rings. The van der Waals surface area contributed by atoms with Crippen LogP contribution in [0.1, 0.15) is 18.4 Å². The minimum atomic E-state index is -3.18. The van der Waals surface area contributed by atoms with Crippen molar-refractivity contribution in [2.75, 3.05) is 43.9 Å². The largest absolute Gasteiger partial charge is 0.345 e. The average Bonchev–Trinajstić information content (AvgIpc) is 3.11. The molecule has 3 amide bonds. The monoisotopic (exact) mass is 404 g/mol. The van der Waals surface area contributed by atoms with E-state index in [2.05, 4.69) is 22.5 Å². The molecule has 2 aliphatic heterocycles. The van der Waals surface area contributed by atoms with Crippen molar-refractivity contribution in [3.63, 3.8) is 0 Å². The molecule has 3 rings (SSSR count). The molecule has 0 saturated carbocycles. The van der Waals surface area contributed by atoms with E-state index >= 15 is 0 Å². The van der Waals surface area contributed by atoms with Crippen molar-refractivity contribution in [3.8, 4) is 11.8 Å². The van der Waals surface area contributed by atoms with Crippen LogP contribution < -0.4 is 15.5 Å². The standard InChI is InChI=1S/C19H24N4O4S/c1-28(26,27)22-12-8-16(9-13-22)18(24)20-10-2-3-15-4-6-17(7-5-15)23-14-11-21-19(23)25/h4-7,16H,8-14H2,1H3,(H,20,24)(H,21,25). The number of piperidine rings is 1. The number of carbonyl (C=O) groups excluding carboxylic acids is 2. The van der Waals surface area contributed by atoms with Gasteiger partial charge in [-0.05, 0) is 37.1 Å². The summed E-state index contributed by atoms with van der Waals surface area (Å²) < 4.78 is 24.4. The molecule has 28 heavy (non-hydrogen) atoms. The molecule has 0 unspecified atom stereocenters. The first kappa shape index (κ1) is 20.2. The molecule has 2 fully saturated rings. The van der Waals surface area contributed by atoms with E-state index in [9.17, 15) is 18.0 Å². The van der Waals surface area contributed by atoms with Gasteiger partial charge < -0.3 is 10.6 Å². The topological polar surface area (TPSA) is 98.8 Å². The fraction of sp³-hybridized carbons (Fsp3) is 0.474. The molecule has 8 nitrogen and oxygen atoms in total. The van der Waals surface area contributed by atoms with E-state index in [-0.39, 0.29) is 24.4 Å². The second-order valence-electron chi connectivity index (χ2n) is 6.89. The van der Waals surface area contributed by atoms with Crippen molar-refractivity contribution in [3.05, 3.63) is 29.8 Å². The van der Waals surface area contributed by atoms with E-state index in [0.717, 1.165) is 11.3 Å². The molecule has 0 spiro atoms. The molecule has 9 heteroatoms. The van der Waals surface area contributed by atoms with Gasteiger partial charge in [-0.15, -0.1) is 0 Å². The van der Waals surface area contributed by atoms with E-state index in [1.54, 1.807) is 4.90 Å². The normalized spacial score (nSPS) is 18.3. The Hall–Kier alpha value is -2.57. The number of hydrogen-bond acceptors (Lipinski definition) is 4. The zero-order valence-electron chi connectivity index (χ0n) is 15.8. The smallest absolute Gasteiger partial charge is 0.321 e. The zero-order valence-corrected chi connectivity index (χ0v) is 16.6. The third-order valence-electron chi connectivity index (χ3n) is 4.91. The third kappa shape index (κ3) is 5.03. The first-order chi connectivity index (χ1) is 13.3. The van der Waals surface area contributed by atoms with Crippen LogP contribution in [0, 0.1) is 17.8 Å². The van der Waals surface area contributed by atoms with Crippen molar-refractivity contribution in [1.82, 2.24) is 14.9 Å². The van der Waals surface area contributed by atoms with E-state index in [0.29, 0.717) is 39.0 Å². The van der Waals surface area contributed by atoms with Crippen LogP contribution in [0.2, 0.25) is 0 Å². The number of amides is 3. The Morgan fingerprint density at radius 2 is 1.89 bits per heavy atom. The summed E-state index contributed by atoms with van der Waals surface area (Å²) in [7, 11) is -3.18. The quantitative estimate of drug-likeness (QED) is 0.708. The fourth-order valence-corrected chi connectivity index (χ4v) is 4.19. The van der Waals surface area contributed by atoms with Gasteiger partial charge in [0.25, 0.3) is 0 Å². The van der Waals surface area contributed by atoms with Crippen molar-refractivity contribution in [2.45, 2.75) is 12.8 Å². The van der Waals surface area contributed by atoms with Crippen LogP contribution in [-0.2, 0) is 14.8 Å². The first-order valence-corrected chi connectivity index (χ1v) is 11.1. The van der Waals surface area contributed by atoms with Gasteiger partial charge in [0, 0.05) is 43.3 Å². The third-order valence-corrected chi connectivity index (χ3v) is 6.22. The highest BCUT2D eigenvalue weighted by Gasteiger charge is 2.28. The highest BCUT2D eigenvalue weighted by atomic mass is 32.2. The van der Waals surface area contributed by atoms with Gasteiger partial charge in [-0.2, -0.15) is 0 Å². The average molecular weight is 404 g/mol. The van der Waals surface area contributed by atoms with Gasteiger partial charge in [-0.3, -0.25) is 9.69 Å². The Morgan fingerprint density at radius 3 is 2.46 bits per heavy atom. The molecular weight excluding hydrogens is 380 g/mol. The minimum Gasteiger partial charge on any atom is -0.345 e. The lowest BCUT2D eigenvalue weighted by atomic mass is 9.97. The number of urea groups is 1. The lowest BCUT2D eigenvalue weighted by molar-refractivity contribution is -0.125. The minimum absolute atomic E-state index is 0.0853. The fourth-order valence-electron chi connectivity index (χ4n) is 3.31. The van der Waals surface area contributed by atoms with Gasteiger partial charge in [-0.25, -0.2) is 17.5 Å². The Kier molecular flexibility index (Phi) is 6.21. The molecule has 0 aliphatic carbocycles. The predicted octanol–water partition coefficient (Wildman–Crippen LogP) is 0.356. The van der Waals surface area contributed by atoms with Crippen molar-refractivity contribution < 1.29 is 18.0 Å². The number of benzene rings is 1. The van der Waals surface area contributed by atoms with Crippen LogP contribution in [0.15, 0.2) is 24.3 Å². The first-order valence-electron chi connectivity index (χ1n) is 9.22. The van der Waals surface area contributed by atoms with Crippen LogP contribution in [0.3, 0.4) is 0 Å². The van der Waals surface area contributed by atoms with Crippen molar-refractivity contribution >= 4 is 27.6 Å². The molecule has 1 aromatic carbocycles. The number of nitrogens with one attached hydrogen (secondary N) is 2. The number of sulfonamides is 1. The zero-order chi connectivity index (χ0) is 20.1. The van der Waals surface area contributed by atoms with Crippen LogP contribution in [-0.4, -0.2) is 63.6 Å². The maximum Gasteiger partial charge on any atom is 0.321 e. The molecule has 0 aromatic heterocycles. The molecule has 0 radical (unpaired) electrons. The predicted molar refractivity (Wildman–Crippen MR) is 106 cm³/mol. The molecule has 2 aliphatic rings. The molecule has 2 heterocycles. The van der Waals surface area contributed by atoms with Gasteiger partial charge >= 0.3 is 6.03 Å². The summed E-state index contributed by atoms with van der Waals surface area (Å²) in [5, 5.41) is 5.55. The summed E-state index contributed by atoms with van der Waals surface area (Å²) >= 11 is 0. The second-order valence-corrected chi connectivity index (χ2v) is 8.87. The van der Waals surface area contributed by atoms with Crippen molar-refractivity contribution in [2.24, 2.45) is 5.92 Å². The molecule has 0 bridgehead atoms. The molecule has 2 N–H and O–H groups in total. The lowest BCUT2D eigenvalue weighted by Crippen LogP contribution is -2.42. The molecule has 0 atom stereocenters. The Balaban J connectivity index is 1.45. The van der Waals surface area contributed by atoms with Crippen molar-refractivity contribution in [1.29, 1.82) is 0 Å². The van der Waals surface area contributed by atoms with Gasteiger partial charge in [0.2, 0.25) is 15.9 Å². The van der Waals surface area contributed by atoms with Crippen LogP contribution in [0.4, 0.5) is 10.5 Å². The summed E-state index contributed by atoms with van der Waals surface area (Å²) in [4.78, 5) is 25.5. The SMILES string of the molecule is CS(=O)(=O)N1CCC(C(=O)NCC#Cc2ccc(N3CCNC3=O)cc2)CC1. The number of rotatable bonds is 4. The van der Waals surface area contributed by atoms with E-state index < -0.39 is 10.0 Å². The second kappa shape index (κ2) is 8.63. The Bertz CT molecular complexity index is 894. The molecule has 2 saturated heterocycles. The van der Waals surface area contributed by atoms with Gasteiger partial charge in [0.15, 0.2) is 0 Å². The van der Waals surface area contributed by atoms with E-state index in [1.165, 1.54) is 10.6 Å². The number of anilines is 1. The Labute approximate surface area is 165 Å². The maximum absolute atomic E-state index is 12.2. The van der Waals surface area contributed by atoms with Crippen LogP contribution >= 0.6 is 0 Å². The highest BCUT2D eigenvalue weighted by Crippen LogP contribution is 2.19. The highest BCUT2D eigenvalue weighted by molar-refractivity contribution is 7.88. The summed E-state index contributed by atoms with van der Waals surface area (Å²) in [5.74, 6) is 5.65. The molecular formula is C19H24N4O4S. The lowest BCUT2D eigenvalue weighted by Gasteiger charge is -2.29. The van der Waals surface area contributed by atoms with E-state index in [4.69, 9.17) is 0 Å². The summed E-state index contributed by atoms with van der Waals surface area (Å²) in [6.07, 6.45) is 2.24.